The highest BCUT2D eigenvalue weighted by molar-refractivity contribution is 5.75. The molecule has 1 heterocycles. The van der Waals surface area contributed by atoms with E-state index in [1.807, 2.05) is 6.92 Å². The summed E-state index contributed by atoms with van der Waals surface area (Å²) < 4.78 is 31.0. The Balaban J connectivity index is 2.40. The van der Waals surface area contributed by atoms with Gasteiger partial charge < -0.3 is 10.1 Å². The first-order valence-electron chi connectivity index (χ1n) is 5.73. The lowest BCUT2D eigenvalue weighted by atomic mass is 9.74. The maximum Gasteiger partial charge on any atom is 0.310 e. The highest BCUT2D eigenvalue weighted by Gasteiger charge is 2.45. The molecule has 1 aromatic rings. The second-order valence-corrected chi connectivity index (χ2v) is 4.75. The van der Waals surface area contributed by atoms with Crippen LogP contribution >= 0.6 is 0 Å². The topological polar surface area (TPSA) is 38.3 Å². The van der Waals surface area contributed by atoms with Crippen LogP contribution in [0.1, 0.15) is 12.5 Å². The first-order valence-corrected chi connectivity index (χ1v) is 5.73. The third kappa shape index (κ3) is 1.99. The van der Waals surface area contributed by atoms with Crippen molar-refractivity contribution in [2.75, 3.05) is 20.2 Å². The van der Waals surface area contributed by atoms with Gasteiger partial charge in [-0.15, -0.1) is 0 Å². The summed E-state index contributed by atoms with van der Waals surface area (Å²) in [6, 6.07) is 3.75. The average Bonchev–Trinajstić information content (AvgIpc) is 2.75. The van der Waals surface area contributed by atoms with Crippen molar-refractivity contribution in [1.29, 1.82) is 0 Å². The molecule has 1 aliphatic heterocycles. The minimum atomic E-state index is -0.899. The summed E-state index contributed by atoms with van der Waals surface area (Å²) in [6.07, 6.45) is 0. The van der Waals surface area contributed by atoms with E-state index in [2.05, 4.69) is 5.32 Å². The second-order valence-electron chi connectivity index (χ2n) is 4.75. The first-order chi connectivity index (χ1) is 8.49. The summed E-state index contributed by atoms with van der Waals surface area (Å²) in [5.74, 6) is -2.52. The molecule has 1 fully saturated rings. The van der Waals surface area contributed by atoms with Crippen LogP contribution < -0.4 is 5.32 Å². The van der Waals surface area contributed by atoms with Gasteiger partial charge in [0.25, 0.3) is 0 Å². The van der Waals surface area contributed by atoms with Crippen LogP contribution in [0.3, 0.4) is 0 Å². The van der Waals surface area contributed by atoms with Crippen molar-refractivity contribution >= 4 is 5.97 Å². The summed E-state index contributed by atoms with van der Waals surface area (Å²) in [6.45, 7) is 2.85. The molecule has 2 rings (SSSR count). The molecule has 2 unspecified atom stereocenters. The van der Waals surface area contributed by atoms with E-state index in [1.165, 1.54) is 13.2 Å². The average molecular weight is 255 g/mol. The van der Waals surface area contributed by atoms with Crippen LogP contribution in [0.5, 0.6) is 0 Å². The van der Waals surface area contributed by atoms with Gasteiger partial charge in [-0.2, -0.15) is 0 Å². The SMILES string of the molecule is COC(=O)C1CNCC1(C)c1ccc(F)c(F)c1. The molecule has 0 amide bonds. The molecule has 5 heteroatoms. The summed E-state index contributed by atoms with van der Waals surface area (Å²) in [7, 11) is 1.33. The van der Waals surface area contributed by atoms with Gasteiger partial charge in [-0.3, -0.25) is 4.79 Å². The lowest BCUT2D eigenvalue weighted by Crippen LogP contribution is -2.37. The third-order valence-electron chi connectivity index (χ3n) is 3.67. The van der Waals surface area contributed by atoms with Gasteiger partial charge in [0.1, 0.15) is 0 Å². The van der Waals surface area contributed by atoms with Crippen molar-refractivity contribution in [2.45, 2.75) is 12.3 Å². The molecule has 1 aliphatic rings. The Morgan fingerprint density at radius 3 is 2.78 bits per heavy atom. The summed E-state index contributed by atoms with van der Waals surface area (Å²) >= 11 is 0. The molecule has 0 aliphatic carbocycles. The number of rotatable bonds is 2. The molecule has 3 nitrogen and oxygen atoms in total. The molecule has 0 spiro atoms. The van der Waals surface area contributed by atoms with Crippen LogP contribution in [0.25, 0.3) is 0 Å². The number of hydrogen-bond acceptors (Lipinski definition) is 3. The van der Waals surface area contributed by atoms with Gasteiger partial charge in [0.2, 0.25) is 0 Å². The predicted octanol–water partition coefficient (Wildman–Crippen LogP) is 1.61. The zero-order valence-electron chi connectivity index (χ0n) is 10.3. The summed E-state index contributed by atoms with van der Waals surface area (Å²) in [5.41, 5.74) is 0.0172. The van der Waals surface area contributed by atoms with E-state index >= 15 is 0 Å². The number of ether oxygens (including phenoxy) is 1. The number of methoxy groups -OCH3 is 1. The van der Waals surface area contributed by atoms with Crippen LogP contribution in [-0.2, 0) is 14.9 Å². The Labute approximate surface area is 104 Å². The minimum Gasteiger partial charge on any atom is -0.469 e. The fraction of sp³-hybridized carbons (Fsp3) is 0.462. The fourth-order valence-electron chi connectivity index (χ4n) is 2.46. The Bertz CT molecular complexity index is 478. The minimum absolute atomic E-state index is 0.341. The van der Waals surface area contributed by atoms with E-state index < -0.39 is 23.0 Å². The maximum absolute atomic E-state index is 13.3. The molecule has 0 aromatic heterocycles. The molecule has 1 saturated heterocycles. The van der Waals surface area contributed by atoms with E-state index in [4.69, 9.17) is 4.74 Å². The standard InChI is InChI=1S/C13H15F2NO2/c1-13(7-16-6-9(13)12(17)18-2)8-3-4-10(14)11(15)5-8/h3-5,9,16H,6-7H2,1-2H3. The summed E-state index contributed by atoms with van der Waals surface area (Å²) in [4.78, 5) is 11.7. The lowest BCUT2D eigenvalue weighted by Gasteiger charge is -2.29. The monoisotopic (exact) mass is 255 g/mol. The molecule has 98 valence electrons. The predicted molar refractivity (Wildman–Crippen MR) is 62.1 cm³/mol. The zero-order chi connectivity index (χ0) is 13.3. The molecule has 18 heavy (non-hydrogen) atoms. The third-order valence-corrected chi connectivity index (χ3v) is 3.67. The summed E-state index contributed by atoms with van der Waals surface area (Å²) in [5, 5.41) is 3.09. The number of esters is 1. The maximum atomic E-state index is 13.3. The van der Waals surface area contributed by atoms with E-state index in [0.717, 1.165) is 12.1 Å². The second kappa shape index (κ2) is 4.65. The van der Waals surface area contributed by atoms with Crippen molar-refractivity contribution in [3.8, 4) is 0 Å². The van der Waals surface area contributed by atoms with Crippen molar-refractivity contribution in [2.24, 2.45) is 5.92 Å². The zero-order valence-corrected chi connectivity index (χ0v) is 10.3. The highest BCUT2D eigenvalue weighted by Crippen LogP contribution is 2.36. The van der Waals surface area contributed by atoms with Gasteiger partial charge in [0.05, 0.1) is 13.0 Å². The normalized spacial score (nSPS) is 27.2. The van der Waals surface area contributed by atoms with Crippen molar-refractivity contribution in [1.82, 2.24) is 5.32 Å². The Kier molecular flexibility index (Phi) is 3.34. The Hall–Kier alpha value is -1.49. The van der Waals surface area contributed by atoms with Gasteiger partial charge in [-0.1, -0.05) is 13.0 Å². The van der Waals surface area contributed by atoms with Crippen molar-refractivity contribution < 1.29 is 18.3 Å². The number of hydrogen-bond donors (Lipinski definition) is 1. The Morgan fingerprint density at radius 1 is 1.44 bits per heavy atom. The van der Waals surface area contributed by atoms with Crippen LogP contribution in [0.4, 0.5) is 8.78 Å². The number of carbonyl (C=O) groups excluding carboxylic acids is 1. The quantitative estimate of drug-likeness (QED) is 0.816. The molecule has 1 aromatic carbocycles. The van der Waals surface area contributed by atoms with Crippen LogP contribution in [0, 0.1) is 17.6 Å². The van der Waals surface area contributed by atoms with Crippen molar-refractivity contribution in [3.63, 3.8) is 0 Å². The highest BCUT2D eigenvalue weighted by atomic mass is 19.2. The molecule has 1 N–H and O–H groups in total. The van der Waals surface area contributed by atoms with E-state index in [1.54, 1.807) is 0 Å². The molecular formula is C13H15F2NO2. The van der Waals surface area contributed by atoms with Crippen LogP contribution in [0.15, 0.2) is 18.2 Å². The number of halogens is 2. The van der Waals surface area contributed by atoms with Gasteiger partial charge in [-0.05, 0) is 17.7 Å². The first kappa shape index (κ1) is 13.0. The van der Waals surface area contributed by atoms with Crippen LogP contribution in [0.2, 0.25) is 0 Å². The molecule has 2 atom stereocenters. The fourth-order valence-corrected chi connectivity index (χ4v) is 2.46. The smallest absolute Gasteiger partial charge is 0.310 e. The van der Waals surface area contributed by atoms with Crippen LogP contribution in [-0.4, -0.2) is 26.2 Å². The van der Waals surface area contributed by atoms with Crippen molar-refractivity contribution in [3.05, 3.63) is 35.4 Å². The van der Waals surface area contributed by atoms with Gasteiger partial charge >= 0.3 is 5.97 Å². The van der Waals surface area contributed by atoms with E-state index in [0.29, 0.717) is 18.7 Å². The molecular weight excluding hydrogens is 240 g/mol. The van der Waals surface area contributed by atoms with E-state index in [9.17, 15) is 13.6 Å². The largest absolute Gasteiger partial charge is 0.469 e. The number of carbonyl (C=O) groups is 1. The van der Waals surface area contributed by atoms with E-state index in [-0.39, 0.29) is 5.97 Å². The number of benzene rings is 1. The molecule has 0 bridgehead atoms. The van der Waals surface area contributed by atoms with Gasteiger partial charge in [0.15, 0.2) is 11.6 Å². The molecule has 0 saturated carbocycles. The Morgan fingerprint density at radius 2 is 2.17 bits per heavy atom. The molecule has 0 radical (unpaired) electrons. The van der Waals surface area contributed by atoms with Gasteiger partial charge in [0, 0.05) is 18.5 Å². The van der Waals surface area contributed by atoms with Gasteiger partial charge in [-0.25, -0.2) is 8.78 Å². The lowest BCUT2D eigenvalue weighted by molar-refractivity contribution is -0.146. The number of nitrogens with one attached hydrogen (secondary N) is 1.